The molecule has 0 saturated heterocycles. The van der Waals surface area contributed by atoms with Gasteiger partial charge in [0.15, 0.2) is 0 Å². The van der Waals surface area contributed by atoms with Gasteiger partial charge in [0.1, 0.15) is 11.3 Å². The van der Waals surface area contributed by atoms with E-state index in [0.717, 1.165) is 41.2 Å². The number of hydrogen-bond acceptors (Lipinski definition) is 3. The summed E-state index contributed by atoms with van der Waals surface area (Å²) in [5, 5.41) is 0. The maximum absolute atomic E-state index is 5.34. The highest BCUT2D eigenvalue weighted by Gasteiger charge is 2.25. The van der Waals surface area contributed by atoms with Gasteiger partial charge in [0, 0.05) is 23.2 Å². The fourth-order valence-electron chi connectivity index (χ4n) is 3.55. The lowest BCUT2D eigenvalue weighted by molar-refractivity contribution is 0.414. The zero-order valence-electron chi connectivity index (χ0n) is 14.1. The minimum absolute atomic E-state index is 0.889. The fraction of sp³-hybridized carbons (Fsp3) is 0.316. The molecule has 2 heterocycles. The number of ether oxygens (including phenoxy) is 1. The van der Waals surface area contributed by atoms with Crippen LogP contribution < -0.4 is 9.64 Å². The topological polar surface area (TPSA) is 30.3 Å². The smallest absolute Gasteiger partial charge is 0.211 e. The molecule has 1 aromatic heterocycles. The first-order valence-corrected chi connectivity index (χ1v) is 8.97. The van der Waals surface area contributed by atoms with Gasteiger partial charge < -0.3 is 14.2 Å². The molecule has 4 rings (SSSR count). The number of hydrogen-bond donors (Lipinski definition) is 0. The first-order valence-electron chi connectivity index (χ1n) is 8.17. The van der Waals surface area contributed by atoms with Crippen molar-refractivity contribution < 1.29 is 4.74 Å². The monoisotopic (exact) mass is 385 g/mol. The number of rotatable bonds is 2. The number of halogens is 1. The molecule has 4 nitrogen and oxygen atoms in total. The normalized spacial score (nSPS) is 14.1. The van der Waals surface area contributed by atoms with Crippen molar-refractivity contribution in [3.05, 3.63) is 45.9 Å². The van der Waals surface area contributed by atoms with Crippen molar-refractivity contribution in [1.29, 1.82) is 0 Å². The number of aromatic nitrogens is 2. The number of methoxy groups -OCH3 is 1. The lowest BCUT2D eigenvalue weighted by Crippen LogP contribution is -2.28. The van der Waals surface area contributed by atoms with Gasteiger partial charge >= 0.3 is 0 Å². The second-order valence-corrected chi connectivity index (χ2v) is 7.14. The first kappa shape index (κ1) is 15.5. The number of imidazole rings is 1. The minimum atomic E-state index is 0.889. The van der Waals surface area contributed by atoms with E-state index in [1.54, 1.807) is 7.11 Å². The Balaban J connectivity index is 1.91. The van der Waals surface area contributed by atoms with Crippen LogP contribution in [-0.2, 0) is 6.54 Å². The highest BCUT2D eigenvalue weighted by atomic mass is 79.9. The first-order chi connectivity index (χ1) is 11.6. The Morgan fingerprint density at radius 1 is 1.08 bits per heavy atom. The fourth-order valence-corrected chi connectivity index (χ4v) is 3.96. The van der Waals surface area contributed by atoms with Crippen LogP contribution in [0.5, 0.6) is 5.75 Å². The van der Waals surface area contributed by atoms with Crippen LogP contribution in [0.1, 0.15) is 17.5 Å². The van der Waals surface area contributed by atoms with E-state index in [1.165, 1.54) is 22.3 Å². The molecule has 0 aliphatic carbocycles. The number of benzene rings is 2. The Morgan fingerprint density at radius 3 is 2.67 bits per heavy atom. The Morgan fingerprint density at radius 2 is 1.92 bits per heavy atom. The van der Waals surface area contributed by atoms with Crippen molar-refractivity contribution in [2.75, 3.05) is 18.6 Å². The summed E-state index contributed by atoms with van der Waals surface area (Å²) in [5.41, 5.74) is 5.94. The lowest BCUT2D eigenvalue weighted by atomic mass is 10.1. The predicted octanol–water partition coefficient (Wildman–Crippen LogP) is 4.97. The van der Waals surface area contributed by atoms with Gasteiger partial charge in [-0.25, -0.2) is 4.98 Å². The molecule has 0 atom stereocenters. The van der Waals surface area contributed by atoms with E-state index >= 15 is 0 Å². The van der Waals surface area contributed by atoms with Crippen molar-refractivity contribution in [2.24, 2.45) is 0 Å². The van der Waals surface area contributed by atoms with Crippen molar-refractivity contribution in [3.8, 4) is 5.75 Å². The summed E-state index contributed by atoms with van der Waals surface area (Å²) in [6, 6.07) is 10.5. The van der Waals surface area contributed by atoms with E-state index in [-0.39, 0.29) is 0 Å². The number of aryl methyl sites for hydroxylation is 3. The molecule has 0 fully saturated rings. The average molecular weight is 386 g/mol. The van der Waals surface area contributed by atoms with E-state index in [9.17, 15) is 0 Å². The van der Waals surface area contributed by atoms with Crippen LogP contribution in [0.4, 0.5) is 11.6 Å². The third-order valence-electron chi connectivity index (χ3n) is 4.73. The van der Waals surface area contributed by atoms with Gasteiger partial charge in [-0.05, 0) is 71.6 Å². The molecule has 124 valence electrons. The highest BCUT2D eigenvalue weighted by Crippen LogP contribution is 2.37. The van der Waals surface area contributed by atoms with E-state index in [1.807, 2.05) is 6.07 Å². The second-order valence-electron chi connectivity index (χ2n) is 6.28. The van der Waals surface area contributed by atoms with Crippen molar-refractivity contribution in [2.45, 2.75) is 26.8 Å². The minimum Gasteiger partial charge on any atom is -0.497 e. The quantitative estimate of drug-likeness (QED) is 0.623. The third-order valence-corrected chi connectivity index (χ3v) is 5.37. The third kappa shape index (κ3) is 2.30. The summed E-state index contributed by atoms with van der Waals surface area (Å²) < 4.78 is 8.74. The van der Waals surface area contributed by atoms with Gasteiger partial charge in [0.25, 0.3) is 0 Å². The van der Waals surface area contributed by atoms with Crippen molar-refractivity contribution >= 4 is 38.6 Å². The average Bonchev–Trinajstić information content (AvgIpc) is 2.99. The van der Waals surface area contributed by atoms with E-state index in [0.29, 0.717) is 0 Å². The molecule has 0 saturated carbocycles. The zero-order valence-corrected chi connectivity index (χ0v) is 15.7. The maximum atomic E-state index is 5.34. The zero-order chi connectivity index (χ0) is 16.8. The van der Waals surface area contributed by atoms with Crippen LogP contribution in [0.25, 0.3) is 11.0 Å². The molecule has 0 N–H and O–H groups in total. The summed E-state index contributed by atoms with van der Waals surface area (Å²) in [7, 11) is 1.70. The van der Waals surface area contributed by atoms with Crippen LogP contribution in [0.2, 0.25) is 0 Å². The van der Waals surface area contributed by atoms with Crippen LogP contribution in [0.3, 0.4) is 0 Å². The molecule has 3 aromatic rings. The van der Waals surface area contributed by atoms with Crippen molar-refractivity contribution in [1.82, 2.24) is 9.55 Å². The molecular weight excluding hydrogens is 366 g/mol. The lowest BCUT2D eigenvalue weighted by Gasteiger charge is -2.30. The Labute approximate surface area is 150 Å². The van der Waals surface area contributed by atoms with E-state index < -0.39 is 0 Å². The van der Waals surface area contributed by atoms with Crippen LogP contribution in [0.15, 0.2) is 34.8 Å². The summed E-state index contributed by atoms with van der Waals surface area (Å²) in [6.07, 6.45) is 1.11. The van der Waals surface area contributed by atoms with Gasteiger partial charge in [-0.2, -0.15) is 0 Å². The Kier molecular flexibility index (Phi) is 3.76. The predicted molar refractivity (Wildman–Crippen MR) is 102 cm³/mol. The van der Waals surface area contributed by atoms with Gasteiger partial charge in [-0.1, -0.05) is 6.07 Å². The summed E-state index contributed by atoms with van der Waals surface area (Å²) in [4.78, 5) is 7.29. The molecular formula is C19H20BrN3O. The highest BCUT2D eigenvalue weighted by molar-refractivity contribution is 9.10. The molecule has 24 heavy (non-hydrogen) atoms. The van der Waals surface area contributed by atoms with Gasteiger partial charge in [0.2, 0.25) is 5.95 Å². The van der Waals surface area contributed by atoms with E-state index in [2.05, 4.69) is 63.5 Å². The molecule has 0 radical (unpaired) electrons. The van der Waals surface area contributed by atoms with Gasteiger partial charge in [0.05, 0.1) is 12.6 Å². The molecule has 0 amide bonds. The van der Waals surface area contributed by atoms with E-state index in [4.69, 9.17) is 9.72 Å². The van der Waals surface area contributed by atoms with Gasteiger partial charge in [-0.3, -0.25) is 0 Å². The molecule has 5 heteroatoms. The summed E-state index contributed by atoms with van der Waals surface area (Å²) in [5.74, 6) is 1.92. The SMILES string of the molecule is COc1ccc(N2CCCn3c2nc2c(Br)ccc(C)c23)c(C)c1. The summed E-state index contributed by atoms with van der Waals surface area (Å²) in [6.45, 7) is 6.27. The van der Waals surface area contributed by atoms with Crippen molar-refractivity contribution in [3.63, 3.8) is 0 Å². The van der Waals surface area contributed by atoms with Crippen LogP contribution >= 0.6 is 15.9 Å². The molecule has 1 aliphatic heterocycles. The maximum Gasteiger partial charge on any atom is 0.211 e. The number of anilines is 2. The second kappa shape index (κ2) is 5.81. The van der Waals surface area contributed by atoms with Gasteiger partial charge in [-0.15, -0.1) is 0 Å². The summed E-state index contributed by atoms with van der Waals surface area (Å²) >= 11 is 3.66. The standard InChI is InChI=1S/C19H20BrN3O/c1-12-5-7-15(20)17-18(12)23-10-4-9-22(19(23)21-17)16-8-6-14(24-3)11-13(16)2/h5-8,11H,4,9-10H2,1-3H3. The molecule has 0 unspecified atom stereocenters. The Bertz CT molecular complexity index is 932. The number of nitrogens with zero attached hydrogens (tertiary/aromatic N) is 3. The number of fused-ring (bicyclic) bond motifs is 3. The molecule has 2 aromatic carbocycles. The Hall–Kier alpha value is -2.01. The van der Waals surface area contributed by atoms with Crippen LogP contribution in [-0.4, -0.2) is 23.2 Å². The molecule has 1 aliphatic rings. The van der Waals surface area contributed by atoms with Crippen LogP contribution in [0, 0.1) is 13.8 Å². The molecule has 0 spiro atoms. The molecule has 0 bridgehead atoms. The largest absolute Gasteiger partial charge is 0.497 e.